The minimum atomic E-state index is 0.813. The van der Waals surface area contributed by atoms with Gasteiger partial charge in [0.15, 0.2) is 0 Å². The quantitative estimate of drug-likeness (QED) is 0.527. The van der Waals surface area contributed by atoms with Crippen LogP contribution in [0.2, 0.25) is 0 Å². The van der Waals surface area contributed by atoms with Gasteiger partial charge in [-0.25, -0.2) is 0 Å². The number of rotatable bonds is 6. The van der Waals surface area contributed by atoms with Crippen LogP contribution in [0.3, 0.4) is 0 Å². The van der Waals surface area contributed by atoms with Gasteiger partial charge in [0.1, 0.15) is 0 Å². The molecule has 128 valence electrons. The van der Waals surface area contributed by atoms with E-state index in [1.807, 2.05) is 18.5 Å². The first-order valence-corrected chi connectivity index (χ1v) is 8.72. The van der Waals surface area contributed by atoms with Crippen molar-refractivity contribution >= 4 is 11.0 Å². The van der Waals surface area contributed by atoms with E-state index in [0.29, 0.717) is 0 Å². The van der Waals surface area contributed by atoms with Crippen molar-refractivity contribution in [3.63, 3.8) is 0 Å². The number of nitrogens with zero attached hydrogens (tertiary/aromatic N) is 4. The number of benzene rings is 2. The van der Waals surface area contributed by atoms with Crippen LogP contribution in [0.15, 0.2) is 85.5 Å². The van der Waals surface area contributed by atoms with Crippen molar-refractivity contribution in [2.24, 2.45) is 0 Å². The highest BCUT2D eigenvalue weighted by molar-refractivity contribution is 5.77. The Morgan fingerprint density at radius 2 is 1.35 bits per heavy atom. The zero-order chi connectivity index (χ0) is 17.6. The fourth-order valence-corrected chi connectivity index (χ4v) is 3.18. The molecule has 2 aromatic heterocycles. The average Bonchev–Trinajstić information content (AvgIpc) is 2.70. The number of pyridine rings is 1. The van der Waals surface area contributed by atoms with Gasteiger partial charge in [-0.15, -0.1) is 0 Å². The Morgan fingerprint density at radius 3 is 2.15 bits per heavy atom. The highest BCUT2D eigenvalue weighted by Gasteiger charge is 2.11. The summed E-state index contributed by atoms with van der Waals surface area (Å²) in [5.41, 5.74) is 5.66. The zero-order valence-electron chi connectivity index (χ0n) is 14.5. The molecule has 0 saturated carbocycles. The SMILES string of the molecule is c1ccc(CN(Cc2ccncc2)Cc2cccc3nccnc23)cc1. The van der Waals surface area contributed by atoms with Crippen molar-refractivity contribution in [2.75, 3.05) is 0 Å². The number of hydrogen-bond acceptors (Lipinski definition) is 4. The van der Waals surface area contributed by atoms with Crippen LogP contribution in [0.1, 0.15) is 16.7 Å². The topological polar surface area (TPSA) is 41.9 Å². The van der Waals surface area contributed by atoms with E-state index in [4.69, 9.17) is 0 Å². The summed E-state index contributed by atoms with van der Waals surface area (Å²) in [6, 6.07) is 20.9. The molecule has 0 N–H and O–H groups in total. The van der Waals surface area contributed by atoms with Gasteiger partial charge in [0, 0.05) is 44.4 Å². The van der Waals surface area contributed by atoms with Crippen molar-refractivity contribution in [1.29, 1.82) is 0 Å². The maximum atomic E-state index is 4.55. The Bertz CT molecular complexity index is 924. The molecule has 2 aromatic carbocycles. The maximum Gasteiger partial charge on any atom is 0.0931 e. The van der Waals surface area contributed by atoms with Gasteiger partial charge in [0.2, 0.25) is 0 Å². The maximum absolute atomic E-state index is 4.55. The lowest BCUT2D eigenvalue weighted by Crippen LogP contribution is -2.22. The molecule has 0 spiro atoms. The summed E-state index contributed by atoms with van der Waals surface area (Å²) in [6.07, 6.45) is 7.19. The van der Waals surface area contributed by atoms with Crippen molar-refractivity contribution in [1.82, 2.24) is 19.9 Å². The Labute approximate surface area is 153 Å². The van der Waals surface area contributed by atoms with E-state index in [1.165, 1.54) is 16.7 Å². The third-order valence-corrected chi connectivity index (χ3v) is 4.38. The van der Waals surface area contributed by atoms with Gasteiger partial charge in [0.05, 0.1) is 11.0 Å². The molecule has 0 amide bonds. The van der Waals surface area contributed by atoms with Crippen LogP contribution in [0.5, 0.6) is 0 Å². The normalized spacial score (nSPS) is 11.1. The summed E-state index contributed by atoms with van der Waals surface area (Å²) < 4.78 is 0. The van der Waals surface area contributed by atoms with Gasteiger partial charge < -0.3 is 0 Å². The van der Waals surface area contributed by atoms with E-state index >= 15 is 0 Å². The Balaban J connectivity index is 1.63. The standard InChI is InChI=1S/C22H20N4/c1-2-5-18(6-3-1)15-26(16-19-9-11-23-12-10-19)17-20-7-4-8-21-22(20)25-14-13-24-21/h1-14H,15-17H2. The molecule has 0 radical (unpaired) electrons. The van der Waals surface area contributed by atoms with Gasteiger partial charge in [0.25, 0.3) is 0 Å². The van der Waals surface area contributed by atoms with E-state index in [1.54, 1.807) is 12.4 Å². The molecule has 0 fully saturated rings. The first-order valence-electron chi connectivity index (χ1n) is 8.72. The number of aromatic nitrogens is 3. The lowest BCUT2D eigenvalue weighted by molar-refractivity contribution is 0.248. The molecular weight excluding hydrogens is 320 g/mol. The van der Waals surface area contributed by atoms with Gasteiger partial charge >= 0.3 is 0 Å². The molecule has 4 aromatic rings. The fraction of sp³-hybridized carbons (Fsp3) is 0.136. The highest BCUT2D eigenvalue weighted by Crippen LogP contribution is 2.19. The highest BCUT2D eigenvalue weighted by atomic mass is 15.1. The molecule has 4 rings (SSSR count). The second-order valence-electron chi connectivity index (χ2n) is 6.33. The molecule has 0 aliphatic heterocycles. The Morgan fingerprint density at radius 1 is 0.615 bits per heavy atom. The first-order chi connectivity index (χ1) is 12.9. The van der Waals surface area contributed by atoms with Crippen molar-refractivity contribution < 1.29 is 0 Å². The van der Waals surface area contributed by atoms with Gasteiger partial charge in [-0.3, -0.25) is 19.9 Å². The number of hydrogen-bond donors (Lipinski definition) is 0. The zero-order valence-corrected chi connectivity index (χ0v) is 14.5. The minimum absolute atomic E-state index is 0.813. The summed E-state index contributed by atoms with van der Waals surface area (Å²) in [4.78, 5) is 15.5. The summed E-state index contributed by atoms with van der Waals surface area (Å²) in [7, 11) is 0. The largest absolute Gasteiger partial charge is 0.290 e. The van der Waals surface area contributed by atoms with Gasteiger partial charge in [-0.05, 0) is 34.9 Å². The van der Waals surface area contributed by atoms with E-state index in [2.05, 4.69) is 74.4 Å². The average molecular weight is 340 g/mol. The molecule has 0 aliphatic carbocycles. The minimum Gasteiger partial charge on any atom is -0.290 e. The van der Waals surface area contributed by atoms with Crippen molar-refractivity contribution in [3.05, 3.63) is 102 Å². The summed E-state index contributed by atoms with van der Waals surface area (Å²) in [5, 5.41) is 0. The molecule has 26 heavy (non-hydrogen) atoms. The van der Waals surface area contributed by atoms with Crippen LogP contribution in [-0.2, 0) is 19.6 Å². The van der Waals surface area contributed by atoms with E-state index < -0.39 is 0 Å². The molecule has 2 heterocycles. The predicted octanol–water partition coefficient (Wildman–Crippen LogP) is 4.23. The van der Waals surface area contributed by atoms with Crippen molar-refractivity contribution in [3.8, 4) is 0 Å². The van der Waals surface area contributed by atoms with Gasteiger partial charge in [-0.2, -0.15) is 0 Å². The molecule has 4 heteroatoms. The van der Waals surface area contributed by atoms with Crippen molar-refractivity contribution in [2.45, 2.75) is 19.6 Å². The number of para-hydroxylation sites is 1. The molecular formula is C22H20N4. The molecule has 0 saturated heterocycles. The summed E-state index contributed by atoms with van der Waals surface area (Å²) >= 11 is 0. The van der Waals surface area contributed by atoms with Crippen LogP contribution >= 0.6 is 0 Å². The third kappa shape index (κ3) is 3.92. The van der Waals surface area contributed by atoms with Crippen LogP contribution < -0.4 is 0 Å². The predicted molar refractivity (Wildman–Crippen MR) is 103 cm³/mol. The molecule has 4 nitrogen and oxygen atoms in total. The van der Waals surface area contributed by atoms with Crippen LogP contribution in [0.25, 0.3) is 11.0 Å². The lowest BCUT2D eigenvalue weighted by Gasteiger charge is -2.23. The fourth-order valence-electron chi connectivity index (χ4n) is 3.18. The smallest absolute Gasteiger partial charge is 0.0931 e. The summed E-state index contributed by atoms with van der Waals surface area (Å²) in [5.74, 6) is 0. The van der Waals surface area contributed by atoms with Gasteiger partial charge in [-0.1, -0.05) is 42.5 Å². The number of fused-ring (bicyclic) bond motifs is 1. The lowest BCUT2D eigenvalue weighted by atomic mass is 10.1. The van der Waals surface area contributed by atoms with E-state index in [-0.39, 0.29) is 0 Å². The monoisotopic (exact) mass is 340 g/mol. The molecule has 0 aliphatic rings. The Hall–Kier alpha value is -3.11. The molecule has 0 unspecified atom stereocenters. The van der Waals surface area contributed by atoms with E-state index in [0.717, 1.165) is 30.7 Å². The van der Waals surface area contributed by atoms with Crippen LogP contribution in [0, 0.1) is 0 Å². The second kappa shape index (κ2) is 7.85. The Kier molecular flexibility index (Phi) is 4.94. The second-order valence-corrected chi connectivity index (χ2v) is 6.33. The van der Waals surface area contributed by atoms with Crippen LogP contribution in [-0.4, -0.2) is 19.9 Å². The van der Waals surface area contributed by atoms with E-state index in [9.17, 15) is 0 Å². The first kappa shape index (κ1) is 16.4. The molecule has 0 bridgehead atoms. The third-order valence-electron chi connectivity index (χ3n) is 4.38. The van der Waals surface area contributed by atoms with Crippen LogP contribution in [0.4, 0.5) is 0 Å². The summed E-state index contributed by atoms with van der Waals surface area (Å²) in [6.45, 7) is 2.54. The molecule has 0 atom stereocenters.